The molecular weight excluding hydrogens is 1230 g/mol. The number of rotatable bonds is 31. The number of esters is 2. The largest absolute Gasteiger partial charge is 0.504 e. The summed E-state index contributed by atoms with van der Waals surface area (Å²) in [5.41, 5.74) is 4.93. The van der Waals surface area contributed by atoms with Crippen LogP contribution in [0.4, 0.5) is 11.4 Å². The van der Waals surface area contributed by atoms with Crippen molar-refractivity contribution in [3.63, 3.8) is 0 Å². The van der Waals surface area contributed by atoms with Crippen LogP contribution in [0, 0.1) is 11.8 Å². The minimum atomic E-state index is -1.01. The molecule has 95 heavy (non-hydrogen) atoms. The summed E-state index contributed by atoms with van der Waals surface area (Å²) >= 11 is 0. The van der Waals surface area contributed by atoms with Crippen LogP contribution in [0.5, 0.6) is 34.5 Å². The molecular formula is C69H72N8O18. The maximum Gasteiger partial charge on any atom is 0.305 e. The van der Waals surface area contributed by atoms with Gasteiger partial charge in [-0.15, -0.1) is 0 Å². The lowest BCUT2D eigenvalue weighted by Gasteiger charge is -2.22. The van der Waals surface area contributed by atoms with Gasteiger partial charge in [0, 0.05) is 50.1 Å². The number of carbonyl (C=O) groups excluding carboxylic acids is 8. The van der Waals surface area contributed by atoms with Gasteiger partial charge < -0.3 is 59.5 Å². The lowest BCUT2D eigenvalue weighted by atomic mass is 9.92. The van der Waals surface area contributed by atoms with Crippen LogP contribution in [0.15, 0.2) is 144 Å². The molecule has 5 unspecified atom stereocenters. The molecule has 2 fully saturated rings. The average Bonchev–Trinajstić information content (AvgIpc) is 1.59. The lowest BCUT2D eigenvalue weighted by molar-refractivity contribution is -0.148. The number of aromatic hydroxyl groups is 4. The van der Waals surface area contributed by atoms with E-state index in [2.05, 4.69) is 10.6 Å². The van der Waals surface area contributed by atoms with E-state index < -0.39 is 65.6 Å². The number of hydrogen-bond acceptors (Lipinski definition) is 22. The number of imide groups is 2. The first-order valence-corrected chi connectivity index (χ1v) is 30.9. The number of hydrazone groups is 2. The summed E-state index contributed by atoms with van der Waals surface area (Å²) in [6.45, 7) is 2.24. The highest BCUT2D eigenvalue weighted by molar-refractivity contribution is 6.26. The van der Waals surface area contributed by atoms with Crippen molar-refractivity contribution in [1.29, 1.82) is 0 Å². The number of phenols is 4. The zero-order valence-corrected chi connectivity index (χ0v) is 52.4. The van der Waals surface area contributed by atoms with Crippen LogP contribution < -0.4 is 30.1 Å². The predicted molar refractivity (Wildman–Crippen MR) is 343 cm³/mol. The third-order valence-electron chi connectivity index (χ3n) is 16.4. The summed E-state index contributed by atoms with van der Waals surface area (Å²) in [5.74, 6) is -5.55. The van der Waals surface area contributed by atoms with E-state index in [0.717, 1.165) is 9.80 Å². The number of phenolic OH excluding ortho intramolecular Hbond substituents is 4. The zero-order valence-electron chi connectivity index (χ0n) is 52.4. The number of amides is 6. The van der Waals surface area contributed by atoms with Crippen molar-refractivity contribution < 1.29 is 87.2 Å². The predicted octanol–water partition coefficient (Wildman–Crippen LogP) is 5.40. The van der Waals surface area contributed by atoms with Crippen molar-refractivity contribution in [3.8, 4) is 34.5 Å². The number of anilines is 2. The number of fused-ring (bicyclic) bond motifs is 2. The Balaban J connectivity index is 0.621. The van der Waals surface area contributed by atoms with Crippen LogP contribution in [0.25, 0.3) is 0 Å². The van der Waals surface area contributed by atoms with Gasteiger partial charge in [0.2, 0.25) is 11.8 Å². The van der Waals surface area contributed by atoms with Gasteiger partial charge in [0.25, 0.3) is 23.6 Å². The Labute approximate surface area is 546 Å². The Morgan fingerprint density at radius 3 is 1.32 bits per heavy atom. The lowest BCUT2D eigenvalue weighted by Crippen LogP contribution is -2.39. The summed E-state index contributed by atoms with van der Waals surface area (Å²) in [4.78, 5) is 111. The standard InChI is InChI=1S/C69H72N8O18/c1-41(93-36-37-95-57(83)7-5-33-75-67(87)59-61(73-77(63(59)69(75)89)49-20-24-51(91-3)25-21-49)45-12-16-47(17-13-45)65(85)71-31-29-43-9-27-53(79)55(81)39-43)40-92-34-35-94-56(82)6-4-32-74-66(86)58-60(72-76(62(58)68(74)88)48-18-22-50(90-2)23-19-48)44-10-14-46(15-11-44)64(84)70-30-28-42-8-26-52(78)54(80)38-42/h8-27,38-39,41,58-59,62-63,78-81H,4-7,28-37,40H2,1-3H3,(H,70,84)(H,71,85). The summed E-state index contributed by atoms with van der Waals surface area (Å²) in [7, 11) is 3.06. The molecule has 2 saturated heterocycles. The van der Waals surface area contributed by atoms with Crippen LogP contribution >= 0.6 is 0 Å². The second-order valence-electron chi connectivity index (χ2n) is 22.8. The Morgan fingerprint density at radius 1 is 0.505 bits per heavy atom. The average molecular weight is 1300 g/mol. The van der Waals surface area contributed by atoms with Gasteiger partial charge in [-0.05, 0) is 152 Å². The minimum Gasteiger partial charge on any atom is -0.504 e. The summed E-state index contributed by atoms with van der Waals surface area (Å²) in [6.07, 6.45) is 0.457. The number of methoxy groups -OCH3 is 2. The normalized spacial score (nSPS) is 17.5. The fourth-order valence-corrected chi connectivity index (χ4v) is 11.5. The molecule has 0 spiro atoms. The Morgan fingerprint density at radius 2 is 0.916 bits per heavy atom. The fraction of sp³-hybridized carbons (Fsp3) is 0.333. The van der Waals surface area contributed by atoms with Gasteiger partial charge in [0.05, 0.1) is 62.9 Å². The number of hydrogen-bond donors (Lipinski definition) is 6. The van der Waals surface area contributed by atoms with Crippen molar-refractivity contribution in [2.24, 2.45) is 22.0 Å². The molecule has 4 aliphatic rings. The molecule has 0 saturated carbocycles. The molecule has 26 heteroatoms. The zero-order chi connectivity index (χ0) is 67.3. The first-order valence-electron chi connectivity index (χ1n) is 30.9. The first-order chi connectivity index (χ1) is 45.9. The van der Waals surface area contributed by atoms with E-state index >= 15 is 0 Å². The second kappa shape index (κ2) is 30.7. The molecule has 0 aliphatic carbocycles. The Hall–Kier alpha value is -10.9. The molecule has 6 N–H and O–H groups in total. The van der Waals surface area contributed by atoms with Gasteiger partial charge in [-0.25, -0.2) is 0 Å². The van der Waals surface area contributed by atoms with Crippen molar-refractivity contribution in [2.45, 2.75) is 63.6 Å². The van der Waals surface area contributed by atoms with Crippen molar-refractivity contribution in [3.05, 3.63) is 167 Å². The number of ether oxygens (including phenoxy) is 6. The highest BCUT2D eigenvalue weighted by Crippen LogP contribution is 2.40. The maximum absolute atomic E-state index is 14.2. The van der Waals surface area contributed by atoms with Crippen LogP contribution in [0.3, 0.4) is 0 Å². The number of likely N-dealkylation sites (tertiary alicyclic amines) is 2. The number of benzene rings is 6. The van der Waals surface area contributed by atoms with Crippen LogP contribution in [0.2, 0.25) is 0 Å². The molecule has 0 radical (unpaired) electrons. The van der Waals surface area contributed by atoms with E-state index in [4.69, 9.17) is 38.6 Å². The molecule has 5 atom stereocenters. The highest BCUT2D eigenvalue weighted by atomic mass is 16.6. The van der Waals surface area contributed by atoms with Crippen molar-refractivity contribution in [1.82, 2.24) is 20.4 Å². The minimum absolute atomic E-state index is 0.0457. The van der Waals surface area contributed by atoms with Gasteiger partial charge in [0.15, 0.2) is 23.0 Å². The molecule has 6 amide bonds. The summed E-state index contributed by atoms with van der Waals surface area (Å²) in [5, 5.41) is 57.1. The number of nitrogens with one attached hydrogen (secondary N) is 2. The molecule has 6 aromatic rings. The van der Waals surface area contributed by atoms with E-state index in [1.54, 1.807) is 116 Å². The van der Waals surface area contributed by atoms with Gasteiger partial charge in [-0.1, -0.05) is 36.4 Å². The van der Waals surface area contributed by atoms with Gasteiger partial charge in [0.1, 0.15) is 48.6 Å². The molecule has 0 aromatic heterocycles. The first kappa shape index (κ1) is 67.0. The molecule has 496 valence electrons. The summed E-state index contributed by atoms with van der Waals surface area (Å²) < 4.78 is 32.8. The number of nitrogens with zero attached hydrogens (tertiary/aromatic N) is 6. The Kier molecular flexibility index (Phi) is 21.7. The van der Waals surface area contributed by atoms with Gasteiger partial charge in [-0.3, -0.25) is 58.2 Å². The molecule has 6 aromatic carbocycles. The second-order valence-corrected chi connectivity index (χ2v) is 22.8. The maximum atomic E-state index is 14.2. The molecule has 4 aliphatic heterocycles. The van der Waals surface area contributed by atoms with Crippen molar-refractivity contribution in [2.75, 3.05) is 83.5 Å². The van der Waals surface area contributed by atoms with E-state index in [1.807, 2.05) is 0 Å². The van der Waals surface area contributed by atoms with E-state index in [0.29, 0.717) is 80.5 Å². The molecule has 26 nitrogen and oxygen atoms in total. The topological polar surface area (TPSA) is 335 Å². The van der Waals surface area contributed by atoms with Crippen LogP contribution in [-0.4, -0.2) is 181 Å². The van der Waals surface area contributed by atoms with E-state index in [9.17, 15) is 58.8 Å². The third-order valence-corrected chi connectivity index (χ3v) is 16.4. The number of carbonyl (C=O) groups is 8. The van der Waals surface area contributed by atoms with Crippen LogP contribution in [0.1, 0.15) is 75.6 Å². The third kappa shape index (κ3) is 15.8. The summed E-state index contributed by atoms with van der Waals surface area (Å²) in [6, 6.07) is 33.7. The van der Waals surface area contributed by atoms with E-state index in [-0.39, 0.29) is 120 Å². The molecule has 10 rings (SSSR count). The van der Waals surface area contributed by atoms with E-state index in [1.165, 1.54) is 48.5 Å². The SMILES string of the molecule is COc1ccc(N2N=C(c3ccc(C(=O)NCCc4ccc(O)c(O)c4)cc3)C3C(=O)N(CCCC(=O)OCCOCC(C)OCCOC(=O)CCCN4C(=O)C5C(c6ccc(C(=O)NCCc7ccc(O)c(O)c7)cc6)=NN(c6ccc(OC)cc6)C5C4=O)C(=O)C32)cc1. The monoisotopic (exact) mass is 1300 g/mol. The highest BCUT2D eigenvalue weighted by Gasteiger charge is 2.58. The molecule has 4 heterocycles. The van der Waals surface area contributed by atoms with Gasteiger partial charge >= 0.3 is 11.9 Å². The quantitative estimate of drug-likeness (QED) is 0.0137. The smallest absolute Gasteiger partial charge is 0.305 e. The van der Waals surface area contributed by atoms with Crippen LogP contribution in [-0.2, 0) is 60.6 Å². The van der Waals surface area contributed by atoms with Crippen molar-refractivity contribution >= 4 is 70.2 Å². The molecule has 0 bridgehead atoms. The Bertz CT molecular complexity index is 3880. The van der Waals surface area contributed by atoms with Gasteiger partial charge in [-0.2, -0.15) is 10.2 Å². The fourth-order valence-electron chi connectivity index (χ4n) is 11.5.